The molecule has 0 fully saturated rings. The molecule has 0 saturated carbocycles. The van der Waals surface area contributed by atoms with E-state index in [0.717, 1.165) is 45.9 Å². The van der Waals surface area contributed by atoms with Crippen LogP contribution in [-0.2, 0) is 6.42 Å². The summed E-state index contributed by atoms with van der Waals surface area (Å²) in [4.78, 5) is 0. The first kappa shape index (κ1) is 31.1. The molecule has 0 amide bonds. The molecule has 2 radical (unpaired) electrons. The summed E-state index contributed by atoms with van der Waals surface area (Å²) in [5, 5.41) is 91.0. The average molecular weight is 686 g/mol. The van der Waals surface area contributed by atoms with Crippen LogP contribution in [-0.4, -0.2) is 48.7 Å². The van der Waals surface area contributed by atoms with Crippen LogP contribution < -0.4 is 5.46 Å². The summed E-state index contributed by atoms with van der Waals surface area (Å²) < 4.78 is 6.54. The highest BCUT2D eigenvalue weighted by molar-refractivity contribution is 6.41. The minimum absolute atomic E-state index is 0.243. The molecule has 9 rings (SSSR count). The number of aryl methyl sites for hydroxylation is 1. The van der Waals surface area contributed by atoms with Crippen LogP contribution >= 0.6 is 0 Å². The zero-order chi connectivity index (χ0) is 36.2. The Kier molecular flexibility index (Phi) is 6.59. The number of furan rings is 1. The molecule has 0 bridgehead atoms. The van der Waals surface area contributed by atoms with Crippen molar-refractivity contribution in [3.8, 4) is 79.4 Å². The summed E-state index contributed by atoms with van der Waals surface area (Å²) in [6.07, 6.45) is 6.20. The largest absolute Gasteiger partial charge is 0.505 e. The highest BCUT2D eigenvalue weighted by Crippen LogP contribution is 2.59. The van der Waals surface area contributed by atoms with Gasteiger partial charge in [-0.25, -0.2) is 0 Å². The van der Waals surface area contributed by atoms with Crippen molar-refractivity contribution < 1.29 is 45.3 Å². The van der Waals surface area contributed by atoms with Crippen molar-refractivity contribution in [1.29, 1.82) is 0 Å². The van der Waals surface area contributed by atoms with Crippen molar-refractivity contribution >= 4 is 62.9 Å². The third kappa shape index (κ3) is 4.12. The Balaban J connectivity index is 1.40. The van der Waals surface area contributed by atoms with E-state index in [1.807, 2.05) is 42.5 Å². The molecule has 0 unspecified atom stereocenters. The highest BCUT2D eigenvalue weighted by atomic mass is 16.4. The Morgan fingerprint density at radius 2 is 1.02 bits per heavy atom. The fraction of sp³-hybridized carbons (Fsp3) is 0.0476. The fourth-order valence-corrected chi connectivity index (χ4v) is 7.76. The van der Waals surface area contributed by atoms with Gasteiger partial charge in [0.1, 0.15) is 19.0 Å². The maximum absolute atomic E-state index is 11.6. The molecule has 8 aromatic rings. The van der Waals surface area contributed by atoms with Gasteiger partial charge in [0, 0.05) is 27.5 Å². The number of aromatic hydroxyl groups is 8. The standard InChI is InChI=1S/C42H27BO9/c43-33-30(32-35(45)39(49)41(51)40(50)36(32)46)31(34(44)38(48)37(33)47)29-24-11-5-3-9-22(24)28(23-10-4-6-12-25(23)29)19-14-15-21-26-16-13-18-7-1-2-8-20(18)42(26)52-27(21)17-19/h2-6,8-17,44-51H,1,7H2. The zero-order valence-corrected chi connectivity index (χ0v) is 27.1. The lowest BCUT2D eigenvalue weighted by Crippen LogP contribution is -2.11. The first-order valence-electron chi connectivity index (χ1n) is 16.4. The van der Waals surface area contributed by atoms with Crippen molar-refractivity contribution in [2.45, 2.75) is 12.8 Å². The van der Waals surface area contributed by atoms with Crippen LogP contribution in [0.2, 0.25) is 0 Å². The molecule has 1 aromatic heterocycles. The number of allylic oxidation sites excluding steroid dienone is 1. The van der Waals surface area contributed by atoms with Crippen molar-refractivity contribution in [2.75, 3.05) is 0 Å². The first-order valence-corrected chi connectivity index (χ1v) is 16.4. The van der Waals surface area contributed by atoms with Gasteiger partial charge in [-0.15, -0.1) is 0 Å². The average Bonchev–Trinajstić information content (AvgIpc) is 3.55. The Labute approximate surface area is 295 Å². The molecule has 1 aliphatic carbocycles. The summed E-state index contributed by atoms with van der Waals surface area (Å²) in [6, 6.07) is 24.9. The van der Waals surface area contributed by atoms with E-state index in [-0.39, 0.29) is 11.1 Å². The predicted molar refractivity (Wildman–Crippen MR) is 201 cm³/mol. The molecule has 1 aliphatic rings. The fourth-order valence-electron chi connectivity index (χ4n) is 7.76. The number of hydrogen-bond acceptors (Lipinski definition) is 9. The second-order valence-electron chi connectivity index (χ2n) is 12.9. The van der Waals surface area contributed by atoms with E-state index in [1.165, 1.54) is 5.56 Å². The van der Waals surface area contributed by atoms with Crippen LogP contribution in [0.15, 0.2) is 89.4 Å². The molecular weight excluding hydrogens is 659 g/mol. The Morgan fingerprint density at radius 3 is 1.65 bits per heavy atom. The molecule has 252 valence electrons. The van der Waals surface area contributed by atoms with Gasteiger partial charge in [-0.1, -0.05) is 78.9 Å². The van der Waals surface area contributed by atoms with Crippen LogP contribution in [0.3, 0.4) is 0 Å². The molecule has 7 aromatic carbocycles. The Hall–Kier alpha value is -6.94. The lowest BCUT2D eigenvalue weighted by atomic mass is 9.77. The van der Waals surface area contributed by atoms with Crippen LogP contribution in [0, 0.1) is 0 Å². The van der Waals surface area contributed by atoms with Crippen LogP contribution in [0.25, 0.3) is 82.9 Å². The molecular formula is C42H27BO9. The molecule has 52 heavy (non-hydrogen) atoms. The normalized spacial score (nSPS) is 12.7. The monoisotopic (exact) mass is 686 g/mol. The van der Waals surface area contributed by atoms with Gasteiger partial charge in [-0.2, -0.15) is 0 Å². The maximum Gasteiger partial charge on any atom is 0.208 e. The van der Waals surface area contributed by atoms with E-state index in [0.29, 0.717) is 27.1 Å². The second-order valence-corrected chi connectivity index (χ2v) is 12.9. The molecule has 0 saturated heterocycles. The van der Waals surface area contributed by atoms with Crippen molar-refractivity contribution in [3.05, 3.63) is 96.1 Å². The Bertz CT molecular complexity index is 2820. The van der Waals surface area contributed by atoms with Crippen LogP contribution in [0.4, 0.5) is 0 Å². The van der Waals surface area contributed by atoms with Crippen molar-refractivity contribution in [1.82, 2.24) is 0 Å². The van der Waals surface area contributed by atoms with Gasteiger partial charge in [-0.3, -0.25) is 0 Å². The molecule has 10 heteroatoms. The van der Waals surface area contributed by atoms with E-state index in [2.05, 4.69) is 24.3 Å². The number of phenolic OH excluding ortho intramolecular Hbond substituents is 8. The Morgan fingerprint density at radius 1 is 0.481 bits per heavy atom. The van der Waals surface area contributed by atoms with Gasteiger partial charge >= 0.3 is 0 Å². The molecule has 1 heterocycles. The lowest BCUT2D eigenvalue weighted by Gasteiger charge is -2.24. The molecule has 9 nitrogen and oxygen atoms in total. The minimum atomic E-state index is -1.20. The van der Waals surface area contributed by atoms with E-state index in [1.54, 1.807) is 24.3 Å². The highest BCUT2D eigenvalue weighted by Gasteiger charge is 2.33. The van der Waals surface area contributed by atoms with Crippen molar-refractivity contribution in [3.63, 3.8) is 0 Å². The molecule has 8 N–H and O–H groups in total. The van der Waals surface area contributed by atoms with Gasteiger partial charge in [0.05, 0.1) is 5.56 Å². The number of benzene rings is 7. The summed E-state index contributed by atoms with van der Waals surface area (Å²) in [6.45, 7) is 0. The number of fused-ring (bicyclic) bond motifs is 7. The van der Waals surface area contributed by atoms with E-state index in [4.69, 9.17) is 12.3 Å². The molecule has 0 aliphatic heterocycles. The first-order chi connectivity index (χ1) is 25.1. The predicted octanol–water partition coefficient (Wildman–Crippen LogP) is 8.29. The van der Waals surface area contributed by atoms with E-state index >= 15 is 0 Å². The van der Waals surface area contributed by atoms with Crippen LogP contribution in [0.1, 0.15) is 17.5 Å². The quantitative estimate of drug-likeness (QED) is 0.0394. The number of hydrogen-bond donors (Lipinski definition) is 8. The zero-order valence-electron chi connectivity index (χ0n) is 27.1. The smallest absolute Gasteiger partial charge is 0.208 e. The van der Waals surface area contributed by atoms with Gasteiger partial charge in [0.25, 0.3) is 0 Å². The van der Waals surface area contributed by atoms with Gasteiger partial charge in [0.2, 0.25) is 17.2 Å². The summed E-state index contributed by atoms with van der Waals surface area (Å²) in [7, 11) is 6.35. The topological polar surface area (TPSA) is 175 Å². The van der Waals surface area contributed by atoms with Gasteiger partial charge in [0.15, 0.2) is 28.7 Å². The van der Waals surface area contributed by atoms with E-state index < -0.39 is 62.6 Å². The lowest BCUT2D eigenvalue weighted by molar-refractivity contribution is 0.330. The number of rotatable bonds is 3. The molecule has 0 atom stereocenters. The third-order valence-corrected chi connectivity index (χ3v) is 10.2. The molecule has 0 spiro atoms. The third-order valence-electron chi connectivity index (χ3n) is 10.2. The van der Waals surface area contributed by atoms with Gasteiger partial charge < -0.3 is 45.3 Å². The summed E-state index contributed by atoms with van der Waals surface area (Å²) in [5.74, 6) is -8.62. The summed E-state index contributed by atoms with van der Waals surface area (Å²) >= 11 is 0. The SMILES string of the molecule is [B]c1c(O)c(O)c(O)c(-c2c3ccccc3c(-c3ccc4c(c3)oc3c5c(ccc34)CCC=C5)c3ccccc23)c1-c1c(O)c(O)c(O)c(O)c1O. The van der Waals surface area contributed by atoms with E-state index in [9.17, 15) is 40.9 Å². The second kappa shape index (κ2) is 11.0. The minimum Gasteiger partial charge on any atom is -0.505 e. The summed E-state index contributed by atoms with van der Waals surface area (Å²) in [5.41, 5.74) is 3.79. The maximum atomic E-state index is 11.6. The van der Waals surface area contributed by atoms with Gasteiger partial charge in [-0.05, 0) is 74.2 Å². The number of phenols is 8. The van der Waals surface area contributed by atoms with Crippen molar-refractivity contribution in [2.24, 2.45) is 0 Å². The van der Waals surface area contributed by atoms with Crippen LogP contribution in [0.5, 0.6) is 46.0 Å².